The minimum atomic E-state index is 0. The number of nitrogens with one attached hydrogen (secondary N) is 1. The summed E-state index contributed by atoms with van der Waals surface area (Å²) in [6, 6.07) is 7.66. The molecule has 1 aromatic rings. The Morgan fingerprint density at radius 1 is 1.26 bits per heavy atom. The molecule has 0 bridgehead atoms. The second kappa shape index (κ2) is 12.4. The van der Waals surface area contributed by atoms with Crippen molar-refractivity contribution in [1.82, 2.24) is 4.90 Å². The number of nitrogens with two attached hydrogens (primary N) is 1. The van der Waals surface area contributed by atoms with Gasteiger partial charge >= 0.3 is 0 Å². The van der Waals surface area contributed by atoms with Gasteiger partial charge in [0.15, 0.2) is 5.96 Å². The van der Waals surface area contributed by atoms with Gasteiger partial charge in [-0.3, -0.25) is 4.99 Å². The first-order valence-corrected chi connectivity index (χ1v) is 7.52. The van der Waals surface area contributed by atoms with Crippen molar-refractivity contribution in [2.75, 3.05) is 45.7 Å². The van der Waals surface area contributed by atoms with Crippen LogP contribution in [0.25, 0.3) is 0 Å². The summed E-state index contributed by atoms with van der Waals surface area (Å²) in [5.41, 5.74) is 6.77. The molecule has 0 saturated heterocycles. The summed E-state index contributed by atoms with van der Waals surface area (Å²) in [4.78, 5) is 6.46. The number of ether oxygens (including phenoxy) is 2. The van der Waals surface area contributed by atoms with Crippen LogP contribution in [0.15, 0.2) is 29.3 Å². The fourth-order valence-corrected chi connectivity index (χ4v) is 1.78. The van der Waals surface area contributed by atoms with Gasteiger partial charge in [-0.1, -0.05) is 0 Å². The normalized spacial score (nSPS) is 11.5. The van der Waals surface area contributed by atoms with Gasteiger partial charge in [0.2, 0.25) is 0 Å². The Hall–Kier alpha value is -1.06. The molecule has 0 amide bonds. The Bertz CT molecular complexity index is 452. The summed E-state index contributed by atoms with van der Waals surface area (Å²) < 4.78 is 10.6. The zero-order valence-corrected chi connectivity index (χ0v) is 16.7. The summed E-state index contributed by atoms with van der Waals surface area (Å²) in [6.07, 6.45) is 0.167. The number of guanidine groups is 1. The molecule has 132 valence electrons. The third kappa shape index (κ3) is 10.4. The Morgan fingerprint density at radius 3 is 2.48 bits per heavy atom. The molecule has 0 heterocycles. The average molecular weight is 436 g/mol. The van der Waals surface area contributed by atoms with Crippen molar-refractivity contribution < 1.29 is 9.47 Å². The van der Waals surface area contributed by atoms with E-state index in [-0.39, 0.29) is 30.1 Å². The van der Waals surface area contributed by atoms with E-state index in [1.807, 2.05) is 45.2 Å². The maximum absolute atomic E-state index is 5.88. The van der Waals surface area contributed by atoms with E-state index >= 15 is 0 Å². The predicted molar refractivity (Wildman–Crippen MR) is 107 cm³/mol. The fourth-order valence-electron chi connectivity index (χ4n) is 1.78. The summed E-state index contributed by atoms with van der Waals surface area (Å²) in [7, 11) is 3.73. The molecule has 7 heteroatoms. The first-order chi connectivity index (χ1) is 10.5. The number of rotatable bonds is 9. The van der Waals surface area contributed by atoms with E-state index in [9.17, 15) is 0 Å². The van der Waals surface area contributed by atoms with Gasteiger partial charge in [-0.25, -0.2) is 0 Å². The van der Waals surface area contributed by atoms with E-state index < -0.39 is 0 Å². The molecule has 23 heavy (non-hydrogen) atoms. The topological polar surface area (TPSA) is 72.1 Å². The Balaban J connectivity index is 0.00000484. The molecule has 0 atom stereocenters. The summed E-state index contributed by atoms with van der Waals surface area (Å²) in [6.45, 7) is 7.09. The van der Waals surface area contributed by atoms with E-state index in [1.165, 1.54) is 0 Å². The largest absolute Gasteiger partial charge is 0.491 e. The molecule has 0 saturated carbocycles. The number of benzene rings is 1. The molecule has 6 nitrogen and oxygen atoms in total. The zero-order valence-electron chi connectivity index (χ0n) is 14.4. The Morgan fingerprint density at radius 2 is 1.91 bits per heavy atom. The van der Waals surface area contributed by atoms with Crippen LogP contribution in [0.5, 0.6) is 5.75 Å². The molecule has 0 spiro atoms. The van der Waals surface area contributed by atoms with Gasteiger partial charge < -0.3 is 25.4 Å². The molecular formula is C16H29IN4O2. The maximum Gasteiger partial charge on any atom is 0.193 e. The van der Waals surface area contributed by atoms with Gasteiger partial charge in [-0.15, -0.1) is 24.0 Å². The lowest BCUT2D eigenvalue weighted by atomic mass is 10.3. The quantitative estimate of drug-likeness (QED) is 0.354. The van der Waals surface area contributed by atoms with E-state index in [2.05, 4.69) is 15.2 Å². The highest BCUT2D eigenvalue weighted by Gasteiger charge is 2.00. The van der Waals surface area contributed by atoms with E-state index in [0.29, 0.717) is 12.5 Å². The van der Waals surface area contributed by atoms with Gasteiger partial charge in [0.05, 0.1) is 19.3 Å². The maximum atomic E-state index is 5.88. The molecule has 0 aliphatic carbocycles. The van der Waals surface area contributed by atoms with Crippen molar-refractivity contribution in [1.29, 1.82) is 0 Å². The first kappa shape index (κ1) is 21.9. The van der Waals surface area contributed by atoms with E-state index in [4.69, 9.17) is 15.2 Å². The lowest BCUT2D eigenvalue weighted by Crippen LogP contribution is -2.28. The second-order valence-corrected chi connectivity index (χ2v) is 5.38. The van der Waals surface area contributed by atoms with Gasteiger partial charge in [0.25, 0.3) is 0 Å². The van der Waals surface area contributed by atoms with Crippen LogP contribution in [-0.2, 0) is 4.74 Å². The fraction of sp³-hybridized carbons (Fsp3) is 0.562. The zero-order chi connectivity index (χ0) is 16.4. The highest BCUT2D eigenvalue weighted by molar-refractivity contribution is 14.0. The smallest absolute Gasteiger partial charge is 0.193 e. The monoisotopic (exact) mass is 436 g/mol. The molecule has 0 aliphatic rings. The van der Waals surface area contributed by atoms with Crippen LogP contribution in [-0.4, -0.2) is 57.4 Å². The Kier molecular flexibility index (Phi) is 11.8. The van der Waals surface area contributed by atoms with Crippen LogP contribution < -0.4 is 15.8 Å². The number of nitrogens with zero attached hydrogens (tertiary/aromatic N) is 2. The number of hydrogen-bond donors (Lipinski definition) is 2. The molecule has 1 rings (SSSR count). The molecule has 1 aromatic carbocycles. The second-order valence-electron chi connectivity index (χ2n) is 5.38. The molecular weight excluding hydrogens is 407 g/mol. The van der Waals surface area contributed by atoms with Crippen LogP contribution in [0, 0.1) is 0 Å². The van der Waals surface area contributed by atoms with Crippen molar-refractivity contribution in [3.63, 3.8) is 0 Å². The number of halogens is 1. The highest BCUT2D eigenvalue weighted by Crippen LogP contribution is 2.16. The van der Waals surface area contributed by atoms with Crippen LogP contribution in [0.4, 0.5) is 5.69 Å². The first-order valence-electron chi connectivity index (χ1n) is 7.52. The van der Waals surface area contributed by atoms with Gasteiger partial charge in [-0.2, -0.15) is 0 Å². The summed E-state index contributed by atoms with van der Waals surface area (Å²) in [5, 5.41) is 3.07. The van der Waals surface area contributed by atoms with E-state index in [1.54, 1.807) is 7.11 Å². The molecule has 0 unspecified atom stereocenters. The number of anilines is 1. The summed E-state index contributed by atoms with van der Waals surface area (Å²) in [5.74, 6) is 1.26. The number of likely N-dealkylation sites (N-methyl/N-ethyl adjacent to an activating group) is 1. The van der Waals surface area contributed by atoms with Gasteiger partial charge in [0, 0.05) is 25.9 Å². The van der Waals surface area contributed by atoms with Crippen molar-refractivity contribution in [3.8, 4) is 5.75 Å². The lowest BCUT2D eigenvalue weighted by molar-refractivity contribution is 0.163. The molecule has 0 aromatic heterocycles. The van der Waals surface area contributed by atoms with Crippen molar-refractivity contribution in [2.24, 2.45) is 10.7 Å². The standard InChI is InChI=1S/C16H28N4O2.HI/c1-13(2)22-15-7-5-14(6-8-15)19-16(17)18-9-10-20(3)11-12-21-4;/h5-8,13H,9-12H2,1-4H3,(H3,17,18,19);1H. The van der Waals surface area contributed by atoms with Gasteiger partial charge in [0.1, 0.15) is 5.75 Å². The van der Waals surface area contributed by atoms with Crippen molar-refractivity contribution >= 4 is 35.6 Å². The van der Waals surface area contributed by atoms with Crippen molar-refractivity contribution in [2.45, 2.75) is 20.0 Å². The lowest BCUT2D eigenvalue weighted by Gasteiger charge is -2.14. The third-order valence-electron chi connectivity index (χ3n) is 2.94. The van der Waals surface area contributed by atoms with Crippen LogP contribution >= 0.6 is 24.0 Å². The summed E-state index contributed by atoms with van der Waals surface area (Å²) >= 11 is 0. The molecule has 3 N–H and O–H groups in total. The average Bonchev–Trinajstić information content (AvgIpc) is 2.46. The van der Waals surface area contributed by atoms with Crippen LogP contribution in [0.1, 0.15) is 13.8 Å². The predicted octanol–water partition coefficient (Wildman–Crippen LogP) is 2.40. The third-order valence-corrected chi connectivity index (χ3v) is 2.94. The van der Waals surface area contributed by atoms with E-state index in [0.717, 1.165) is 31.1 Å². The Labute approximate surface area is 156 Å². The van der Waals surface area contributed by atoms with Crippen molar-refractivity contribution in [3.05, 3.63) is 24.3 Å². The number of aliphatic imine (C=N–C) groups is 1. The molecule has 0 aliphatic heterocycles. The molecule has 0 fully saturated rings. The number of methoxy groups -OCH3 is 1. The number of hydrogen-bond acceptors (Lipinski definition) is 4. The van der Waals surface area contributed by atoms with Crippen LogP contribution in [0.3, 0.4) is 0 Å². The minimum absolute atomic E-state index is 0. The SMILES string of the molecule is COCCN(C)CCN=C(N)Nc1ccc(OC(C)C)cc1.I. The van der Waals surface area contributed by atoms with Gasteiger partial charge in [-0.05, 0) is 45.2 Å². The van der Waals surface area contributed by atoms with Crippen LogP contribution in [0.2, 0.25) is 0 Å². The molecule has 0 radical (unpaired) electrons. The highest BCUT2D eigenvalue weighted by atomic mass is 127. The minimum Gasteiger partial charge on any atom is -0.491 e.